The molecule has 0 heterocycles. The van der Waals surface area contributed by atoms with Gasteiger partial charge in [-0.25, -0.2) is 0 Å². The topological polar surface area (TPSA) is 69.4 Å². The summed E-state index contributed by atoms with van der Waals surface area (Å²) in [6.45, 7) is -0.247. The molecule has 21 heavy (non-hydrogen) atoms. The Hall–Kier alpha value is -1.48. The molecule has 0 fully saturated rings. The third-order valence-electron chi connectivity index (χ3n) is 2.64. The van der Waals surface area contributed by atoms with Crippen LogP contribution in [0.15, 0.2) is 46.9 Å². The molecule has 0 atom stereocenters. The number of hydrogen-bond acceptors (Lipinski definition) is 4. The summed E-state index contributed by atoms with van der Waals surface area (Å²) in [4.78, 5) is 22.4. The highest BCUT2D eigenvalue weighted by Crippen LogP contribution is 2.30. The Morgan fingerprint density at radius 3 is 2.52 bits per heavy atom. The van der Waals surface area contributed by atoms with E-state index in [1.54, 1.807) is 18.2 Å². The lowest BCUT2D eigenvalue weighted by Crippen LogP contribution is -2.12. The highest BCUT2D eigenvalue weighted by atomic mass is 127. The van der Waals surface area contributed by atoms with Crippen LogP contribution in [-0.4, -0.2) is 17.3 Å². The SMILES string of the molecule is O=C(COc1ccc(Br)cc1[N+](=O)[O-])c1ccc(I)cc1. The fourth-order valence-electron chi connectivity index (χ4n) is 1.62. The monoisotopic (exact) mass is 461 g/mol. The van der Waals surface area contributed by atoms with Gasteiger partial charge in [0.05, 0.1) is 4.92 Å². The number of nitro benzene ring substituents is 1. The average molecular weight is 462 g/mol. The van der Waals surface area contributed by atoms with Crippen molar-refractivity contribution in [3.8, 4) is 5.75 Å². The highest BCUT2D eigenvalue weighted by Gasteiger charge is 2.17. The number of nitro groups is 1. The van der Waals surface area contributed by atoms with Crippen molar-refractivity contribution >= 4 is 50.0 Å². The first-order chi connectivity index (χ1) is 9.97. The third-order valence-corrected chi connectivity index (χ3v) is 3.86. The van der Waals surface area contributed by atoms with Gasteiger partial charge in [-0.15, -0.1) is 0 Å². The molecule has 2 rings (SSSR count). The molecular weight excluding hydrogens is 453 g/mol. The van der Waals surface area contributed by atoms with E-state index in [1.807, 2.05) is 12.1 Å². The molecule has 0 saturated carbocycles. The van der Waals surface area contributed by atoms with Gasteiger partial charge in [-0.2, -0.15) is 0 Å². The lowest BCUT2D eigenvalue weighted by molar-refractivity contribution is -0.385. The van der Waals surface area contributed by atoms with Crippen LogP contribution in [0.3, 0.4) is 0 Å². The maximum atomic E-state index is 12.0. The Balaban J connectivity index is 2.11. The molecule has 0 bridgehead atoms. The third kappa shape index (κ3) is 4.24. The Labute approximate surface area is 142 Å². The van der Waals surface area contributed by atoms with Gasteiger partial charge in [-0.1, -0.05) is 28.1 Å². The molecule has 0 amide bonds. The molecule has 0 aromatic heterocycles. The van der Waals surface area contributed by atoms with Crippen molar-refractivity contribution in [2.45, 2.75) is 0 Å². The first kappa shape index (κ1) is 15.9. The van der Waals surface area contributed by atoms with Crippen molar-refractivity contribution in [3.05, 3.63) is 66.2 Å². The largest absolute Gasteiger partial charge is 0.478 e. The van der Waals surface area contributed by atoms with Gasteiger partial charge < -0.3 is 4.74 Å². The van der Waals surface area contributed by atoms with Crippen LogP contribution in [0.1, 0.15) is 10.4 Å². The molecule has 0 spiro atoms. The Bertz CT molecular complexity index is 688. The second kappa shape index (κ2) is 6.99. The van der Waals surface area contributed by atoms with Crippen LogP contribution in [0, 0.1) is 13.7 Å². The van der Waals surface area contributed by atoms with Gasteiger partial charge in [0, 0.05) is 19.7 Å². The average Bonchev–Trinajstić information content (AvgIpc) is 2.46. The van der Waals surface area contributed by atoms with Gasteiger partial charge in [0.1, 0.15) is 0 Å². The number of ketones is 1. The van der Waals surface area contributed by atoms with Gasteiger partial charge in [0.15, 0.2) is 18.1 Å². The van der Waals surface area contributed by atoms with Gasteiger partial charge in [-0.05, 0) is 46.9 Å². The van der Waals surface area contributed by atoms with E-state index in [0.717, 1.165) is 3.57 Å². The first-order valence-electron chi connectivity index (χ1n) is 5.83. The van der Waals surface area contributed by atoms with E-state index in [9.17, 15) is 14.9 Å². The Kier molecular flexibility index (Phi) is 5.29. The molecule has 0 saturated heterocycles. The fraction of sp³-hybridized carbons (Fsp3) is 0.0714. The van der Waals surface area contributed by atoms with Gasteiger partial charge in [-0.3, -0.25) is 14.9 Å². The van der Waals surface area contributed by atoms with Crippen LogP contribution in [0.2, 0.25) is 0 Å². The van der Waals surface area contributed by atoms with Crippen molar-refractivity contribution < 1.29 is 14.5 Å². The van der Waals surface area contributed by atoms with Crippen molar-refractivity contribution in [2.75, 3.05) is 6.61 Å². The molecule has 0 N–H and O–H groups in total. The molecule has 0 radical (unpaired) electrons. The molecule has 2 aromatic rings. The molecule has 0 unspecified atom stereocenters. The molecule has 7 heteroatoms. The maximum absolute atomic E-state index is 12.0. The number of halogens is 2. The standard InChI is InChI=1S/C14H9BrINO4/c15-10-3-6-14(12(7-10)17(19)20)21-8-13(18)9-1-4-11(16)5-2-9/h1-7H,8H2. The summed E-state index contributed by atoms with van der Waals surface area (Å²) in [5, 5.41) is 10.9. The van der Waals surface area contributed by atoms with Crippen molar-refractivity contribution in [1.29, 1.82) is 0 Å². The van der Waals surface area contributed by atoms with Crippen LogP contribution in [-0.2, 0) is 0 Å². The lowest BCUT2D eigenvalue weighted by atomic mass is 10.1. The van der Waals surface area contributed by atoms with E-state index in [-0.39, 0.29) is 23.8 Å². The van der Waals surface area contributed by atoms with Crippen LogP contribution in [0.4, 0.5) is 5.69 Å². The Morgan fingerprint density at radius 1 is 1.24 bits per heavy atom. The summed E-state index contributed by atoms with van der Waals surface area (Å²) in [5.74, 6) is -0.161. The summed E-state index contributed by atoms with van der Waals surface area (Å²) in [5.41, 5.74) is 0.329. The fourth-order valence-corrected chi connectivity index (χ4v) is 2.33. The number of carbonyl (C=O) groups is 1. The molecule has 0 aliphatic rings. The lowest BCUT2D eigenvalue weighted by Gasteiger charge is -2.06. The number of rotatable bonds is 5. The van der Waals surface area contributed by atoms with Crippen LogP contribution < -0.4 is 4.74 Å². The van der Waals surface area contributed by atoms with E-state index in [1.165, 1.54) is 12.1 Å². The summed E-state index contributed by atoms with van der Waals surface area (Å²) in [7, 11) is 0. The normalized spacial score (nSPS) is 10.2. The van der Waals surface area contributed by atoms with E-state index in [0.29, 0.717) is 10.0 Å². The minimum Gasteiger partial charge on any atom is -0.478 e. The van der Waals surface area contributed by atoms with Crippen molar-refractivity contribution in [1.82, 2.24) is 0 Å². The highest BCUT2D eigenvalue weighted by molar-refractivity contribution is 14.1. The zero-order valence-corrected chi connectivity index (χ0v) is 14.3. The van der Waals surface area contributed by atoms with E-state index >= 15 is 0 Å². The number of hydrogen-bond donors (Lipinski definition) is 0. The number of carbonyl (C=O) groups excluding carboxylic acids is 1. The van der Waals surface area contributed by atoms with Gasteiger partial charge in [0.2, 0.25) is 0 Å². The molecular formula is C14H9BrINO4. The van der Waals surface area contributed by atoms with Gasteiger partial charge in [0.25, 0.3) is 0 Å². The van der Waals surface area contributed by atoms with Crippen molar-refractivity contribution in [2.24, 2.45) is 0 Å². The molecule has 0 aliphatic heterocycles. The predicted octanol–water partition coefficient (Wildman–Crippen LogP) is 4.22. The van der Waals surface area contributed by atoms with Crippen molar-refractivity contribution in [3.63, 3.8) is 0 Å². The Morgan fingerprint density at radius 2 is 1.90 bits per heavy atom. The number of Topliss-reactive ketones (excluding diaryl/α,β-unsaturated/α-hetero) is 1. The summed E-state index contributed by atoms with van der Waals surface area (Å²) in [6.07, 6.45) is 0. The van der Waals surface area contributed by atoms with Crippen LogP contribution >= 0.6 is 38.5 Å². The molecule has 0 aliphatic carbocycles. The zero-order chi connectivity index (χ0) is 15.4. The molecule has 2 aromatic carbocycles. The van der Waals surface area contributed by atoms with E-state index in [2.05, 4.69) is 38.5 Å². The predicted molar refractivity (Wildman–Crippen MR) is 89.8 cm³/mol. The first-order valence-corrected chi connectivity index (χ1v) is 7.70. The minimum atomic E-state index is -0.546. The van der Waals surface area contributed by atoms with Gasteiger partial charge >= 0.3 is 5.69 Å². The maximum Gasteiger partial charge on any atom is 0.312 e. The minimum absolute atomic E-state index is 0.0714. The molecule has 5 nitrogen and oxygen atoms in total. The summed E-state index contributed by atoms with van der Waals surface area (Å²) in [6, 6.07) is 11.4. The zero-order valence-electron chi connectivity index (χ0n) is 10.6. The summed E-state index contributed by atoms with van der Waals surface area (Å²) >= 11 is 5.30. The summed E-state index contributed by atoms with van der Waals surface area (Å²) < 4.78 is 6.88. The number of benzene rings is 2. The smallest absolute Gasteiger partial charge is 0.312 e. The number of ether oxygens (including phenoxy) is 1. The van der Waals surface area contributed by atoms with E-state index in [4.69, 9.17) is 4.74 Å². The van der Waals surface area contributed by atoms with E-state index < -0.39 is 4.92 Å². The number of nitrogens with zero attached hydrogens (tertiary/aromatic N) is 1. The van der Waals surface area contributed by atoms with Crippen LogP contribution in [0.25, 0.3) is 0 Å². The quantitative estimate of drug-likeness (QED) is 0.289. The molecule has 108 valence electrons. The second-order valence-electron chi connectivity index (χ2n) is 4.09. The van der Waals surface area contributed by atoms with Crippen LogP contribution in [0.5, 0.6) is 5.75 Å². The second-order valence-corrected chi connectivity index (χ2v) is 6.25.